The Morgan fingerprint density at radius 1 is 1.21 bits per heavy atom. The molecule has 1 aromatic carbocycles. The summed E-state index contributed by atoms with van der Waals surface area (Å²) in [5.74, 6) is -7.11. The number of thiazole rings is 1. The minimum Gasteiger partial charge on any atom is -0.504 e. The Kier molecular flexibility index (Phi) is 8.94. The predicted molar refractivity (Wildman–Crippen MR) is 159 cm³/mol. The number of carboxylic acids is 2. The predicted octanol–water partition coefficient (Wildman–Crippen LogP) is -1.78. The first kappa shape index (κ1) is 33.3. The molecular weight excluding hydrogens is 692 g/mol. The lowest BCUT2D eigenvalue weighted by Crippen LogP contribution is -2.68. The maximum atomic E-state index is 13.4. The van der Waals surface area contributed by atoms with Gasteiger partial charge in [0.1, 0.15) is 17.1 Å². The highest BCUT2D eigenvalue weighted by Gasteiger charge is 2.66. The number of benzene rings is 1. The van der Waals surface area contributed by atoms with E-state index in [9.17, 15) is 49.2 Å². The number of anilines is 1. The Hall–Kier alpha value is -5.06. The van der Waals surface area contributed by atoms with Crippen molar-refractivity contribution in [2.45, 2.75) is 22.4 Å². The van der Waals surface area contributed by atoms with Gasteiger partial charge in [0.2, 0.25) is 16.9 Å². The summed E-state index contributed by atoms with van der Waals surface area (Å²) in [4.78, 5) is 85.1. The van der Waals surface area contributed by atoms with Crippen LogP contribution in [0.1, 0.15) is 16.1 Å². The quantitative estimate of drug-likeness (QED) is 0.0552. The molecule has 0 aliphatic carbocycles. The minimum atomic E-state index is -2.04. The molecule has 5 rings (SSSR count). The number of phenolic OH excluding ortho intramolecular Hbond substituents is 2. The number of urea groups is 1. The molecule has 20 nitrogen and oxygen atoms in total. The Balaban J connectivity index is 1.31. The van der Waals surface area contributed by atoms with Gasteiger partial charge in [0, 0.05) is 11.9 Å². The number of aliphatic carboxylic acids is 2. The van der Waals surface area contributed by atoms with Gasteiger partial charge in [0.25, 0.3) is 11.8 Å². The number of nitrogens with two attached hydrogens (primary N) is 1. The number of aliphatic hydroxyl groups is 1. The van der Waals surface area contributed by atoms with Crippen molar-refractivity contribution in [1.29, 1.82) is 0 Å². The Morgan fingerprint density at radius 2 is 1.94 bits per heavy atom. The molecule has 0 unspecified atom stereocenters. The van der Waals surface area contributed by atoms with Crippen LogP contribution in [0, 0.1) is 0 Å². The van der Waals surface area contributed by atoms with Crippen LogP contribution in [0.4, 0.5) is 9.93 Å². The van der Waals surface area contributed by atoms with Crippen LogP contribution in [0.3, 0.4) is 0 Å². The van der Waals surface area contributed by atoms with Crippen molar-refractivity contribution >= 4 is 81.2 Å². The van der Waals surface area contributed by atoms with Gasteiger partial charge in [-0.15, -0.1) is 11.3 Å². The third-order valence-corrected chi connectivity index (χ3v) is 9.91. The molecule has 250 valence electrons. The van der Waals surface area contributed by atoms with E-state index in [2.05, 4.69) is 20.9 Å². The largest absolute Gasteiger partial charge is 0.504 e. The van der Waals surface area contributed by atoms with Gasteiger partial charge in [-0.3, -0.25) is 24.7 Å². The molecular formula is C24H23ClN8O12S2. The molecule has 0 bridgehead atoms. The number of nitrogen functional groups attached to an aromatic ring is 1. The van der Waals surface area contributed by atoms with Crippen molar-refractivity contribution in [3.63, 3.8) is 0 Å². The summed E-state index contributed by atoms with van der Waals surface area (Å²) in [6.45, 7) is -1.84. The van der Waals surface area contributed by atoms with E-state index in [0.29, 0.717) is 11.8 Å². The topological polar surface area (TPSA) is 298 Å². The lowest BCUT2D eigenvalue weighted by Gasteiger charge is -2.41. The van der Waals surface area contributed by atoms with Crippen molar-refractivity contribution in [1.82, 2.24) is 30.5 Å². The van der Waals surface area contributed by atoms with Gasteiger partial charge in [-0.1, -0.05) is 28.5 Å². The molecule has 0 spiro atoms. The second-order valence-electron chi connectivity index (χ2n) is 9.96. The number of hydrogen-bond acceptors (Lipinski definition) is 15. The molecule has 1 aromatic heterocycles. The molecule has 0 radical (unpaired) electrons. The molecule has 3 fully saturated rings. The van der Waals surface area contributed by atoms with Gasteiger partial charge in [-0.05, 0) is 12.1 Å². The lowest BCUT2D eigenvalue weighted by molar-refractivity contribution is -0.153. The lowest BCUT2D eigenvalue weighted by atomic mass is 10.1. The van der Waals surface area contributed by atoms with E-state index in [1.807, 2.05) is 0 Å². The van der Waals surface area contributed by atoms with Crippen LogP contribution in [0.25, 0.3) is 0 Å². The van der Waals surface area contributed by atoms with Crippen LogP contribution < -0.4 is 16.5 Å². The number of halogens is 1. The van der Waals surface area contributed by atoms with E-state index in [0.717, 1.165) is 38.3 Å². The number of hydrazine groups is 1. The molecule has 2 aromatic rings. The Labute approximate surface area is 275 Å². The van der Waals surface area contributed by atoms with E-state index in [1.54, 1.807) is 0 Å². The summed E-state index contributed by atoms with van der Waals surface area (Å²) in [5, 5.41) is 54.6. The molecule has 3 aliphatic rings. The van der Waals surface area contributed by atoms with E-state index < -0.39 is 93.5 Å². The van der Waals surface area contributed by atoms with Crippen molar-refractivity contribution in [2.75, 3.05) is 32.0 Å². The second kappa shape index (κ2) is 12.6. The molecule has 5 amide bonds. The number of aromatic hydroxyl groups is 2. The second-order valence-corrected chi connectivity index (χ2v) is 12.6. The van der Waals surface area contributed by atoms with Gasteiger partial charge in [-0.25, -0.2) is 24.4 Å². The number of thioether (sulfide) groups is 1. The smallest absolute Gasteiger partial charge is 0.350 e. The van der Waals surface area contributed by atoms with Gasteiger partial charge in [0.15, 0.2) is 22.3 Å². The fourth-order valence-corrected chi connectivity index (χ4v) is 7.21. The number of nitrogens with zero attached hydrogens (tertiary/aromatic N) is 5. The molecule has 3 saturated heterocycles. The van der Waals surface area contributed by atoms with Crippen molar-refractivity contribution < 1.29 is 59.1 Å². The van der Waals surface area contributed by atoms with Crippen LogP contribution >= 0.6 is 34.7 Å². The Morgan fingerprint density at radius 3 is 2.55 bits per heavy atom. The maximum absolute atomic E-state index is 13.4. The third-order valence-electron chi connectivity index (χ3n) is 7.18. The molecule has 47 heavy (non-hydrogen) atoms. The zero-order chi connectivity index (χ0) is 34.4. The van der Waals surface area contributed by atoms with E-state index in [4.69, 9.17) is 27.3 Å². The molecule has 3 aliphatic heterocycles. The molecule has 0 saturated carbocycles. The highest BCUT2D eigenvalue weighted by atomic mass is 35.5. The standard InChI is InChI=1S/C24H23ClN8O12S2/c25-12-8(1-2-10(35)15(12)36)16(37)29-33-4-3-32(23(33)44)24(21(42)43)7-31-18(39)14(19(31)47-24)28-17(38)13(9-6-46-22(26)27-9)30-45-11(5-34)20(40)41/h1-2,6,11,14,19,34-36H,3-5,7H2,(H2,26,27)(H,28,38)(H,29,37)(H,40,41)(H,42,43)/b30-13-/t11-,14+,19+,24+/m0/s1. The average molecular weight is 715 g/mol. The van der Waals surface area contributed by atoms with Crippen LogP contribution in [0.5, 0.6) is 11.5 Å². The normalized spacial score (nSPS) is 22.9. The zero-order valence-electron chi connectivity index (χ0n) is 23.4. The number of β-lactam (4-membered cyclic amide) rings is 1. The molecule has 4 heterocycles. The highest BCUT2D eigenvalue weighted by Crippen LogP contribution is 2.49. The monoisotopic (exact) mass is 714 g/mol. The number of nitrogens with one attached hydrogen (secondary N) is 2. The number of rotatable bonds is 11. The maximum Gasteiger partial charge on any atom is 0.350 e. The summed E-state index contributed by atoms with van der Waals surface area (Å²) in [6, 6.07) is -0.145. The fraction of sp³-hybridized carbons (Fsp3) is 0.333. The summed E-state index contributed by atoms with van der Waals surface area (Å²) in [6.07, 6.45) is -1.83. The summed E-state index contributed by atoms with van der Waals surface area (Å²) in [5.41, 5.74) is 6.91. The van der Waals surface area contributed by atoms with Gasteiger partial charge < -0.3 is 46.3 Å². The number of carboxylic acid groups (broad SMARTS) is 2. The highest BCUT2D eigenvalue weighted by molar-refractivity contribution is 8.02. The first-order valence-electron chi connectivity index (χ1n) is 13.1. The number of fused-ring (bicyclic) bond motifs is 1. The number of carbonyl (C=O) groups is 6. The van der Waals surface area contributed by atoms with Crippen LogP contribution in [0.15, 0.2) is 22.7 Å². The number of hydrogen-bond donors (Lipinski definition) is 8. The number of carbonyl (C=O) groups excluding carboxylic acids is 4. The van der Waals surface area contributed by atoms with E-state index >= 15 is 0 Å². The number of aromatic nitrogens is 1. The molecule has 4 atom stereocenters. The first-order chi connectivity index (χ1) is 22.2. The van der Waals surface area contributed by atoms with Crippen molar-refractivity contribution in [3.8, 4) is 11.5 Å². The fourth-order valence-electron chi connectivity index (χ4n) is 4.78. The minimum absolute atomic E-state index is 0.0192. The van der Waals surface area contributed by atoms with E-state index in [-0.39, 0.29) is 29.5 Å². The zero-order valence-corrected chi connectivity index (χ0v) is 25.8. The van der Waals surface area contributed by atoms with Crippen molar-refractivity contribution in [3.05, 3.63) is 33.8 Å². The summed E-state index contributed by atoms with van der Waals surface area (Å²) < 4.78 is 0. The number of oxime groups is 1. The molecule has 9 N–H and O–H groups in total. The van der Waals surface area contributed by atoms with Crippen molar-refractivity contribution in [2.24, 2.45) is 5.16 Å². The van der Waals surface area contributed by atoms with Gasteiger partial charge >= 0.3 is 18.0 Å². The Bertz CT molecular complexity index is 1720. The van der Waals surface area contributed by atoms with Crippen LogP contribution in [-0.4, -0.2) is 135 Å². The SMILES string of the molecule is Nc1nc(/C(=N/O[C@@H](CO)C(=O)O)C(=O)N[C@@H]2C(=O)N3C[C@@](C(=O)O)(N4CCN(NC(=O)c5ccc(O)c(O)c5Cl)C4=O)S[C@H]23)cs1. The number of amides is 5. The third kappa shape index (κ3) is 5.86. The number of aliphatic hydroxyl groups excluding tert-OH is 1. The number of phenols is 2. The van der Waals surface area contributed by atoms with Gasteiger partial charge in [-0.2, -0.15) is 0 Å². The average Bonchev–Trinajstić information content (AvgIpc) is 3.72. The van der Waals surface area contributed by atoms with Crippen LogP contribution in [0.2, 0.25) is 5.02 Å². The molecule has 23 heteroatoms. The summed E-state index contributed by atoms with van der Waals surface area (Å²) >= 11 is 7.54. The summed E-state index contributed by atoms with van der Waals surface area (Å²) in [7, 11) is 0. The van der Waals surface area contributed by atoms with E-state index in [1.165, 1.54) is 5.38 Å². The van der Waals surface area contributed by atoms with Gasteiger partial charge in [0.05, 0.1) is 30.3 Å². The van der Waals surface area contributed by atoms with Crippen LogP contribution in [-0.2, 0) is 24.0 Å². The first-order valence-corrected chi connectivity index (χ1v) is 15.3.